The molecule has 7 nitrogen and oxygen atoms in total. The zero-order valence-corrected chi connectivity index (χ0v) is 18.8. The summed E-state index contributed by atoms with van der Waals surface area (Å²) in [5, 5.41) is 6.50. The number of carbonyl (C=O) groups is 2. The van der Waals surface area contributed by atoms with Gasteiger partial charge in [0, 0.05) is 28.3 Å². The molecule has 33 heavy (non-hydrogen) atoms. The average Bonchev–Trinajstić information content (AvgIpc) is 2.80. The number of anilines is 2. The minimum absolute atomic E-state index is 0.206. The van der Waals surface area contributed by atoms with Gasteiger partial charge in [0.1, 0.15) is 11.5 Å². The first-order chi connectivity index (χ1) is 15.9. The number of fused-ring (bicyclic) bond motifs is 4. The number of rotatable bonds is 4. The lowest BCUT2D eigenvalue weighted by Gasteiger charge is -2.50. The Balaban J connectivity index is 1.42. The lowest BCUT2D eigenvalue weighted by molar-refractivity contribution is 0.0378. The van der Waals surface area contributed by atoms with Gasteiger partial charge in [0.15, 0.2) is 5.72 Å². The minimum Gasteiger partial charge on any atom is -0.497 e. The van der Waals surface area contributed by atoms with Crippen molar-refractivity contribution in [3.8, 4) is 11.5 Å². The van der Waals surface area contributed by atoms with Crippen molar-refractivity contribution in [2.45, 2.75) is 25.1 Å². The van der Waals surface area contributed by atoms with Gasteiger partial charge in [0.2, 0.25) is 0 Å². The molecular weight excluding hydrogens is 442 g/mol. The number of methoxy groups -OCH3 is 1. The van der Waals surface area contributed by atoms with Gasteiger partial charge in [-0.2, -0.15) is 0 Å². The van der Waals surface area contributed by atoms with E-state index in [1.54, 1.807) is 66.6 Å². The number of nitrogens with zero attached hydrogens (tertiary/aromatic N) is 1. The van der Waals surface area contributed by atoms with Crippen LogP contribution in [0, 0.1) is 0 Å². The molecule has 3 aromatic rings. The van der Waals surface area contributed by atoms with Crippen molar-refractivity contribution in [3.63, 3.8) is 0 Å². The molecule has 0 aliphatic carbocycles. The van der Waals surface area contributed by atoms with E-state index in [0.29, 0.717) is 39.9 Å². The van der Waals surface area contributed by atoms with E-state index >= 15 is 0 Å². The lowest BCUT2D eigenvalue weighted by Crippen LogP contribution is -2.65. The van der Waals surface area contributed by atoms with E-state index in [1.807, 2.05) is 19.1 Å². The number of ether oxygens (including phenoxy) is 2. The number of amides is 3. The summed E-state index contributed by atoms with van der Waals surface area (Å²) in [5.74, 6) is 1.09. The SMILES string of the molecule is COc1ccc(NC(=O)c2cccc(N3C(=O)N[C@H]4C[C@@]3(C)Oc3ccc(Cl)cc34)c2)cc1. The molecule has 5 rings (SSSR count). The van der Waals surface area contributed by atoms with E-state index in [9.17, 15) is 9.59 Å². The highest BCUT2D eigenvalue weighted by atomic mass is 35.5. The fourth-order valence-corrected chi connectivity index (χ4v) is 4.58. The first-order valence-corrected chi connectivity index (χ1v) is 10.9. The molecule has 0 radical (unpaired) electrons. The van der Waals surface area contributed by atoms with Crippen LogP contribution in [0.25, 0.3) is 0 Å². The number of hydrogen-bond donors (Lipinski definition) is 2. The fraction of sp³-hybridized carbons (Fsp3) is 0.200. The highest BCUT2D eigenvalue weighted by Crippen LogP contribution is 2.46. The fourth-order valence-electron chi connectivity index (χ4n) is 4.40. The molecule has 2 heterocycles. The van der Waals surface area contributed by atoms with Crippen molar-refractivity contribution in [1.82, 2.24) is 5.32 Å². The molecule has 2 bridgehead atoms. The third-order valence-electron chi connectivity index (χ3n) is 5.95. The van der Waals surface area contributed by atoms with Crippen LogP contribution in [0.1, 0.15) is 35.3 Å². The molecular formula is C25H22ClN3O4. The Morgan fingerprint density at radius 3 is 2.73 bits per heavy atom. The van der Waals surface area contributed by atoms with Crippen LogP contribution >= 0.6 is 11.6 Å². The first kappa shape index (κ1) is 21.2. The maximum atomic E-state index is 13.1. The Kier molecular flexibility index (Phi) is 5.13. The number of carbonyl (C=O) groups excluding carboxylic acids is 2. The molecule has 1 saturated heterocycles. The van der Waals surface area contributed by atoms with Crippen LogP contribution in [0.4, 0.5) is 16.2 Å². The summed E-state index contributed by atoms with van der Waals surface area (Å²) < 4.78 is 11.4. The molecule has 2 aliphatic heterocycles. The van der Waals surface area contributed by atoms with E-state index in [4.69, 9.17) is 21.1 Å². The maximum Gasteiger partial charge on any atom is 0.325 e. The smallest absolute Gasteiger partial charge is 0.325 e. The van der Waals surface area contributed by atoms with Crippen LogP contribution < -0.4 is 25.0 Å². The van der Waals surface area contributed by atoms with Crippen molar-refractivity contribution < 1.29 is 19.1 Å². The summed E-state index contributed by atoms with van der Waals surface area (Å²) in [5.41, 5.74) is 1.57. The van der Waals surface area contributed by atoms with Gasteiger partial charge in [-0.3, -0.25) is 9.69 Å². The van der Waals surface area contributed by atoms with Gasteiger partial charge in [-0.05, 0) is 67.6 Å². The summed E-state index contributed by atoms with van der Waals surface area (Å²) in [4.78, 5) is 27.6. The first-order valence-electron chi connectivity index (χ1n) is 10.5. The van der Waals surface area contributed by atoms with Crippen LogP contribution in [0.5, 0.6) is 11.5 Å². The highest BCUT2D eigenvalue weighted by Gasteiger charge is 2.49. The van der Waals surface area contributed by atoms with E-state index < -0.39 is 5.72 Å². The Morgan fingerprint density at radius 1 is 1.18 bits per heavy atom. The summed E-state index contributed by atoms with van der Waals surface area (Å²) in [7, 11) is 1.59. The van der Waals surface area contributed by atoms with Gasteiger partial charge in [-0.25, -0.2) is 4.79 Å². The van der Waals surface area contributed by atoms with Gasteiger partial charge in [0.25, 0.3) is 5.91 Å². The number of hydrogen-bond acceptors (Lipinski definition) is 4. The molecule has 168 valence electrons. The number of urea groups is 1. The molecule has 3 amide bonds. The van der Waals surface area contributed by atoms with Gasteiger partial charge in [-0.1, -0.05) is 17.7 Å². The van der Waals surface area contributed by atoms with Crippen LogP contribution in [0.15, 0.2) is 66.7 Å². The van der Waals surface area contributed by atoms with Gasteiger partial charge >= 0.3 is 6.03 Å². The molecule has 2 atom stereocenters. The van der Waals surface area contributed by atoms with Crippen molar-refractivity contribution in [3.05, 3.63) is 82.9 Å². The van der Waals surface area contributed by atoms with Gasteiger partial charge < -0.3 is 20.1 Å². The Bertz CT molecular complexity index is 1250. The number of nitrogens with one attached hydrogen (secondary N) is 2. The molecule has 0 unspecified atom stereocenters. The molecule has 0 saturated carbocycles. The quantitative estimate of drug-likeness (QED) is 0.545. The summed E-state index contributed by atoms with van der Waals surface area (Å²) in [6.45, 7) is 1.88. The normalized spacial score (nSPS) is 20.9. The molecule has 3 aromatic carbocycles. The zero-order valence-electron chi connectivity index (χ0n) is 18.1. The summed E-state index contributed by atoms with van der Waals surface area (Å²) in [6.07, 6.45) is 0.536. The van der Waals surface area contributed by atoms with E-state index in [2.05, 4.69) is 10.6 Å². The highest BCUT2D eigenvalue weighted by molar-refractivity contribution is 6.30. The zero-order chi connectivity index (χ0) is 23.2. The molecule has 2 N–H and O–H groups in total. The van der Waals surface area contributed by atoms with Crippen LogP contribution in [0.2, 0.25) is 5.02 Å². The second kappa shape index (κ2) is 8.01. The van der Waals surface area contributed by atoms with Crippen LogP contribution in [0.3, 0.4) is 0 Å². The summed E-state index contributed by atoms with van der Waals surface area (Å²) in [6, 6.07) is 18.9. The number of benzene rings is 3. The standard InChI is InChI=1S/C25H22ClN3O4/c1-25-14-21(20-13-16(26)6-11-22(20)33-25)28-24(31)29(25)18-5-3-4-15(12-18)23(30)27-17-7-9-19(32-2)10-8-17/h3-13,21H,14H2,1-2H3,(H,27,30)(H,28,31)/t21-,25+/m0/s1. The molecule has 8 heteroatoms. The Hall–Kier alpha value is -3.71. The van der Waals surface area contributed by atoms with E-state index in [0.717, 1.165) is 5.56 Å². The van der Waals surface area contributed by atoms with Crippen LogP contribution in [-0.2, 0) is 0 Å². The maximum absolute atomic E-state index is 13.1. The topological polar surface area (TPSA) is 79.9 Å². The van der Waals surface area contributed by atoms with Crippen molar-refractivity contribution >= 4 is 34.9 Å². The minimum atomic E-state index is -0.918. The second-order valence-corrected chi connectivity index (χ2v) is 8.67. The van der Waals surface area contributed by atoms with E-state index in [1.165, 1.54) is 0 Å². The molecule has 1 fully saturated rings. The van der Waals surface area contributed by atoms with Crippen molar-refractivity contribution in [2.24, 2.45) is 0 Å². The summed E-state index contributed by atoms with van der Waals surface area (Å²) >= 11 is 6.15. The largest absolute Gasteiger partial charge is 0.497 e. The number of halogens is 1. The third kappa shape index (κ3) is 3.85. The lowest BCUT2D eigenvalue weighted by atomic mass is 9.90. The second-order valence-electron chi connectivity index (χ2n) is 8.23. The molecule has 0 spiro atoms. The van der Waals surface area contributed by atoms with E-state index in [-0.39, 0.29) is 18.0 Å². The van der Waals surface area contributed by atoms with Crippen molar-refractivity contribution in [2.75, 3.05) is 17.3 Å². The average molecular weight is 464 g/mol. The Labute approximate surface area is 196 Å². The van der Waals surface area contributed by atoms with Gasteiger partial charge in [-0.15, -0.1) is 0 Å². The Morgan fingerprint density at radius 2 is 1.97 bits per heavy atom. The predicted octanol–water partition coefficient (Wildman–Crippen LogP) is 5.37. The van der Waals surface area contributed by atoms with Gasteiger partial charge in [0.05, 0.1) is 18.8 Å². The third-order valence-corrected chi connectivity index (χ3v) is 6.18. The monoisotopic (exact) mass is 463 g/mol. The molecule has 0 aromatic heterocycles. The van der Waals surface area contributed by atoms with Crippen molar-refractivity contribution in [1.29, 1.82) is 0 Å². The predicted molar refractivity (Wildman–Crippen MR) is 126 cm³/mol. The van der Waals surface area contributed by atoms with Crippen LogP contribution in [-0.4, -0.2) is 24.8 Å². The molecule has 2 aliphatic rings.